The molecule has 0 radical (unpaired) electrons. The van der Waals surface area contributed by atoms with Crippen LogP contribution in [0.4, 0.5) is 19.0 Å². The summed E-state index contributed by atoms with van der Waals surface area (Å²) in [5.41, 5.74) is 6.68. The Morgan fingerprint density at radius 1 is 1.21 bits per heavy atom. The van der Waals surface area contributed by atoms with E-state index in [9.17, 15) is 22.8 Å². The number of aryl methyl sites for hydroxylation is 1. The van der Waals surface area contributed by atoms with Crippen molar-refractivity contribution in [2.75, 3.05) is 12.0 Å². The molecule has 0 saturated heterocycles. The molecule has 0 spiro atoms. The van der Waals surface area contributed by atoms with Crippen molar-refractivity contribution in [2.45, 2.75) is 32.4 Å². The normalized spacial score (nSPS) is 14.3. The number of carbonyl (C=O) groups excluding carboxylic acids is 2. The number of rotatable bonds is 5. The number of methoxy groups -OCH3 is 1. The van der Waals surface area contributed by atoms with Gasteiger partial charge in [-0.25, -0.2) is 22.6 Å². The number of carbonyl (C=O) groups is 2. The van der Waals surface area contributed by atoms with E-state index < -0.39 is 35.4 Å². The largest absolute Gasteiger partial charge is 0.466 e. The lowest BCUT2D eigenvalue weighted by atomic mass is 10.0. The molecule has 2 heterocycles. The molecule has 2 aromatic rings. The van der Waals surface area contributed by atoms with Crippen LogP contribution in [0.5, 0.6) is 0 Å². The van der Waals surface area contributed by atoms with Gasteiger partial charge >= 0.3 is 5.97 Å². The summed E-state index contributed by atoms with van der Waals surface area (Å²) in [6.45, 7) is 1.88. The maximum Gasteiger partial charge on any atom is 0.337 e. The fourth-order valence-corrected chi connectivity index (χ4v) is 3.11. The number of amides is 1. The fourth-order valence-electron chi connectivity index (χ4n) is 3.11. The molecule has 1 aliphatic heterocycles. The van der Waals surface area contributed by atoms with Crippen LogP contribution < -0.4 is 10.6 Å². The Kier molecular flexibility index (Phi) is 5.73. The lowest BCUT2D eigenvalue weighted by Gasteiger charge is -2.26. The number of halogens is 3. The average Bonchev–Trinajstić information content (AvgIpc) is 3.04. The third-order valence-electron chi connectivity index (χ3n) is 4.46. The Morgan fingerprint density at radius 3 is 2.59 bits per heavy atom. The van der Waals surface area contributed by atoms with Gasteiger partial charge < -0.3 is 10.5 Å². The van der Waals surface area contributed by atoms with E-state index in [4.69, 9.17) is 10.5 Å². The van der Waals surface area contributed by atoms with Crippen LogP contribution in [0.25, 0.3) is 0 Å². The second-order valence-corrected chi connectivity index (χ2v) is 6.74. The Bertz CT molecular complexity index is 1000. The monoisotopic (exact) mass is 408 g/mol. The first kappa shape index (κ1) is 20.6. The van der Waals surface area contributed by atoms with Gasteiger partial charge in [0.2, 0.25) is 5.91 Å². The molecule has 0 bridgehead atoms. The molecular formula is C19H19F3N4O3. The van der Waals surface area contributed by atoms with E-state index in [0.29, 0.717) is 17.6 Å². The van der Waals surface area contributed by atoms with Crippen LogP contribution in [0.2, 0.25) is 0 Å². The maximum atomic E-state index is 13.8. The first-order chi connectivity index (χ1) is 13.7. The summed E-state index contributed by atoms with van der Waals surface area (Å²) in [7, 11) is 1.23. The van der Waals surface area contributed by atoms with Crippen LogP contribution in [-0.2, 0) is 27.3 Å². The second-order valence-electron chi connectivity index (χ2n) is 6.74. The summed E-state index contributed by atoms with van der Waals surface area (Å²) in [5.74, 6) is -4.05. The van der Waals surface area contributed by atoms with E-state index in [2.05, 4.69) is 5.10 Å². The molecule has 2 N–H and O–H groups in total. The van der Waals surface area contributed by atoms with Gasteiger partial charge in [-0.2, -0.15) is 5.10 Å². The summed E-state index contributed by atoms with van der Waals surface area (Å²) in [4.78, 5) is 26.0. The predicted octanol–water partition coefficient (Wildman–Crippen LogP) is 1.97. The van der Waals surface area contributed by atoms with Gasteiger partial charge in [0.15, 0.2) is 11.6 Å². The number of ether oxygens (including phenoxy) is 1. The number of nitrogens with zero attached hydrogens (tertiary/aromatic N) is 3. The van der Waals surface area contributed by atoms with Gasteiger partial charge in [0.05, 0.1) is 24.9 Å². The Labute approximate surface area is 164 Å². The van der Waals surface area contributed by atoms with E-state index >= 15 is 0 Å². The topological polar surface area (TPSA) is 90.4 Å². The molecule has 10 heteroatoms. The minimum absolute atomic E-state index is 0.130. The lowest BCUT2D eigenvalue weighted by Crippen LogP contribution is -2.37. The van der Waals surface area contributed by atoms with E-state index in [1.807, 2.05) is 0 Å². The average molecular weight is 408 g/mol. The van der Waals surface area contributed by atoms with Crippen molar-refractivity contribution in [1.82, 2.24) is 9.78 Å². The first-order valence-corrected chi connectivity index (χ1v) is 8.74. The highest BCUT2D eigenvalue weighted by Gasteiger charge is 2.28. The number of aromatic nitrogens is 2. The van der Waals surface area contributed by atoms with Crippen LogP contribution in [0, 0.1) is 24.4 Å². The van der Waals surface area contributed by atoms with Crippen molar-refractivity contribution in [1.29, 1.82) is 0 Å². The number of anilines is 1. The Morgan fingerprint density at radius 2 is 1.90 bits per heavy atom. The van der Waals surface area contributed by atoms with E-state index in [1.165, 1.54) is 22.9 Å². The third kappa shape index (κ3) is 4.32. The highest BCUT2D eigenvalue weighted by molar-refractivity contribution is 5.98. The Balaban J connectivity index is 1.79. The van der Waals surface area contributed by atoms with Gasteiger partial charge in [-0.05, 0) is 25.0 Å². The smallest absolute Gasteiger partial charge is 0.337 e. The summed E-state index contributed by atoms with van der Waals surface area (Å²) >= 11 is 0. The molecule has 1 amide bonds. The summed E-state index contributed by atoms with van der Waals surface area (Å²) in [6, 6.07) is 1.97. The second kappa shape index (κ2) is 8.08. The van der Waals surface area contributed by atoms with Crippen molar-refractivity contribution < 1.29 is 27.5 Å². The number of hydrogen-bond acceptors (Lipinski definition) is 5. The van der Waals surface area contributed by atoms with Crippen molar-refractivity contribution >= 4 is 17.7 Å². The van der Waals surface area contributed by atoms with Crippen molar-refractivity contribution in [3.05, 3.63) is 58.7 Å². The van der Waals surface area contributed by atoms with Crippen LogP contribution in [0.1, 0.15) is 17.7 Å². The molecule has 1 atom stereocenters. The van der Waals surface area contributed by atoms with Crippen molar-refractivity contribution in [3.8, 4) is 0 Å². The van der Waals surface area contributed by atoms with Gasteiger partial charge in [-0.15, -0.1) is 0 Å². The van der Waals surface area contributed by atoms with Gasteiger partial charge in [0.25, 0.3) is 0 Å². The van der Waals surface area contributed by atoms with Crippen LogP contribution in [-0.4, -0.2) is 34.8 Å². The van der Waals surface area contributed by atoms with Crippen LogP contribution >= 0.6 is 0 Å². The predicted molar refractivity (Wildman–Crippen MR) is 97.2 cm³/mol. The van der Waals surface area contributed by atoms with Crippen LogP contribution in [0.3, 0.4) is 0 Å². The number of nitrogens with two attached hydrogens (primary N) is 1. The zero-order valence-corrected chi connectivity index (χ0v) is 15.8. The molecule has 3 rings (SSSR count). The minimum atomic E-state index is -1.30. The summed E-state index contributed by atoms with van der Waals surface area (Å²) in [6.07, 6.45) is 0.956. The zero-order valence-electron chi connectivity index (χ0n) is 15.8. The van der Waals surface area contributed by atoms with Gasteiger partial charge in [-0.1, -0.05) is 0 Å². The molecule has 0 saturated carbocycles. The highest BCUT2D eigenvalue weighted by atomic mass is 19.2. The lowest BCUT2D eigenvalue weighted by molar-refractivity contribution is -0.136. The Hall–Kier alpha value is -3.14. The first-order valence-electron chi connectivity index (χ1n) is 8.74. The minimum Gasteiger partial charge on any atom is -0.466 e. The molecule has 1 aromatic carbocycles. The number of esters is 1. The molecular weight excluding hydrogens is 389 g/mol. The van der Waals surface area contributed by atoms with Gasteiger partial charge in [0.1, 0.15) is 11.6 Å². The van der Waals surface area contributed by atoms with E-state index in [1.54, 1.807) is 13.0 Å². The van der Waals surface area contributed by atoms with E-state index in [-0.39, 0.29) is 30.5 Å². The molecule has 29 heavy (non-hydrogen) atoms. The number of fused-ring (bicyclic) bond motifs is 1. The van der Waals surface area contributed by atoms with Crippen molar-refractivity contribution in [3.63, 3.8) is 0 Å². The molecule has 1 aromatic heterocycles. The number of hydrogen-bond donors (Lipinski definition) is 1. The summed E-state index contributed by atoms with van der Waals surface area (Å²) in [5, 5.41) is 4.24. The molecule has 0 aliphatic carbocycles. The molecule has 0 fully saturated rings. The molecule has 154 valence electrons. The molecule has 0 unspecified atom stereocenters. The fraction of sp³-hybridized carbons (Fsp3) is 0.316. The number of benzene rings is 1. The molecule has 1 aliphatic rings. The van der Waals surface area contributed by atoms with Crippen molar-refractivity contribution in [2.24, 2.45) is 5.73 Å². The standard InChI is InChI=1S/C19H19F3N4O3/c1-10-3-17-25(8-12(19(28)29-2)9-26(17)24-10)18(27)6-13(23)4-11-5-15(21)16(22)7-14(11)20/h3,5,7-8,13H,4,6,9,23H2,1-2H3/t13-/m1/s1. The van der Waals surface area contributed by atoms with Gasteiger partial charge in [0, 0.05) is 30.8 Å². The quantitative estimate of drug-likeness (QED) is 0.604. The molecule has 7 nitrogen and oxygen atoms in total. The SMILES string of the molecule is COC(=O)C1=CN(C(=O)C[C@H](N)Cc2cc(F)c(F)cc2F)c2cc(C)nn2C1. The van der Waals surface area contributed by atoms with Crippen LogP contribution in [0.15, 0.2) is 30.0 Å². The van der Waals surface area contributed by atoms with E-state index in [0.717, 1.165) is 6.07 Å². The maximum absolute atomic E-state index is 13.8. The zero-order chi connectivity index (χ0) is 21.3. The third-order valence-corrected chi connectivity index (χ3v) is 4.46. The summed E-state index contributed by atoms with van der Waals surface area (Å²) < 4.78 is 46.5. The van der Waals surface area contributed by atoms with Gasteiger partial charge in [-0.3, -0.25) is 9.69 Å². The highest BCUT2D eigenvalue weighted by Crippen LogP contribution is 2.25.